The van der Waals surface area contributed by atoms with Crippen molar-refractivity contribution in [3.8, 4) is 0 Å². The Morgan fingerprint density at radius 1 is 1.54 bits per heavy atom. The van der Waals surface area contributed by atoms with E-state index in [1.807, 2.05) is 6.92 Å². The van der Waals surface area contributed by atoms with Gasteiger partial charge in [0.25, 0.3) is 0 Å². The average molecular weight is 185 g/mol. The highest BCUT2D eigenvalue weighted by Crippen LogP contribution is 2.37. The SMILES string of the molecule is CC1(C)COC(C)(CC=N)C(O)C1. The van der Waals surface area contributed by atoms with E-state index < -0.39 is 11.7 Å². The zero-order chi connectivity index (χ0) is 10.1. The quantitative estimate of drug-likeness (QED) is 0.642. The molecule has 1 saturated heterocycles. The van der Waals surface area contributed by atoms with E-state index in [1.165, 1.54) is 6.21 Å². The van der Waals surface area contributed by atoms with Gasteiger partial charge in [-0.05, 0) is 25.0 Å². The number of hydrogen-bond donors (Lipinski definition) is 2. The number of aliphatic hydroxyl groups is 1. The molecule has 1 rings (SSSR count). The summed E-state index contributed by atoms with van der Waals surface area (Å²) in [6, 6.07) is 0. The van der Waals surface area contributed by atoms with Gasteiger partial charge in [-0.25, -0.2) is 0 Å². The van der Waals surface area contributed by atoms with Crippen LogP contribution in [0.2, 0.25) is 0 Å². The van der Waals surface area contributed by atoms with E-state index in [1.54, 1.807) is 0 Å². The second-order valence-corrected chi connectivity index (χ2v) is 4.89. The lowest BCUT2D eigenvalue weighted by Gasteiger charge is -2.44. The fourth-order valence-electron chi connectivity index (χ4n) is 1.65. The average Bonchev–Trinajstić information content (AvgIpc) is 1.99. The molecule has 13 heavy (non-hydrogen) atoms. The molecule has 2 unspecified atom stereocenters. The van der Waals surface area contributed by atoms with Crippen LogP contribution < -0.4 is 0 Å². The third-order valence-corrected chi connectivity index (χ3v) is 2.75. The van der Waals surface area contributed by atoms with Gasteiger partial charge in [-0.15, -0.1) is 0 Å². The van der Waals surface area contributed by atoms with E-state index in [4.69, 9.17) is 10.1 Å². The van der Waals surface area contributed by atoms with Gasteiger partial charge < -0.3 is 15.3 Å². The molecule has 1 fully saturated rings. The van der Waals surface area contributed by atoms with Crippen LogP contribution in [0.1, 0.15) is 33.6 Å². The molecule has 0 bridgehead atoms. The van der Waals surface area contributed by atoms with Gasteiger partial charge >= 0.3 is 0 Å². The van der Waals surface area contributed by atoms with Gasteiger partial charge in [-0.2, -0.15) is 0 Å². The molecule has 0 aromatic rings. The number of nitrogens with one attached hydrogen (secondary N) is 1. The molecule has 2 N–H and O–H groups in total. The standard InChI is InChI=1S/C10H19NO2/c1-9(2)6-8(12)10(3,4-5-11)13-7-9/h5,8,11-12H,4,6-7H2,1-3H3. The summed E-state index contributed by atoms with van der Waals surface area (Å²) in [5, 5.41) is 16.9. The summed E-state index contributed by atoms with van der Waals surface area (Å²) in [5.41, 5.74) is -0.488. The second-order valence-electron chi connectivity index (χ2n) is 4.89. The number of hydrogen-bond acceptors (Lipinski definition) is 3. The lowest BCUT2D eigenvalue weighted by Crippen LogP contribution is -2.51. The molecule has 0 radical (unpaired) electrons. The van der Waals surface area contributed by atoms with Crippen LogP contribution in [0.15, 0.2) is 0 Å². The summed E-state index contributed by atoms with van der Waals surface area (Å²) in [7, 11) is 0. The Balaban J connectivity index is 2.67. The van der Waals surface area contributed by atoms with Crippen LogP contribution in [0.3, 0.4) is 0 Å². The van der Waals surface area contributed by atoms with Gasteiger partial charge in [0, 0.05) is 6.42 Å². The predicted octanol–water partition coefficient (Wildman–Crippen LogP) is 1.59. The molecule has 1 aliphatic heterocycles. The van der Waals surface area contributed by atoms with Gasteiger partial charge in [0.2, 0.25) is 0 Å². The van der Waals surface area contributed by atoms with E-state index in [0.29, 0.717) is 13.0 Å². The third kappa shape index (κ3) is 2.29. The van der Waals surface area contributed by atoms with E-state index in [2.05, 4.69) is 13.8 Å². The molecule has 1 heterocycles. The molecule has 1 aliphatic rings. The van der Waals surface area contributed by atoms with E-state index in [-0.39, 0.29) is 5.41 Å². The van der Waals surface area contributed by atoms with Crippen molar-refractivity contribution in [1.29, 1.82) is 5.41 Å². The molecule has 3 nitrogen and oxygen atoms in total. The molecule has 0 aromatic heterocycles. The Bertz CT molecular complexity index is 203. The van der Waals surface area contributed by atoms with Crippen LogP contribution in [0, 0.1) is 10.8 Å². The van der Waals surface area contributed by atoms with Crippen molar-refractivity contribution in [2.24, 2.45) is 5.41 Å². The van der Waals surface area contributed by atoms with Gasteiger partial charge in [-0.1, -0.05) is 13.8 Å². The normalized spacial score (nSPS) is 38.6. The Morgan fingerprint density at radius 3 is 2.62 bits per heavy atom. The molecule has 0 spiro atoms. The Morgan fingerprint density at radius 2 is 2.15 bits per heavy atom. The monoisotopic (exact) mass is 185 g/mol. The van der Waals surface area contributed by atoms with E-state index in [0.717, 1.165) is 6.42 Å². The minimum Gasteiger partial charge on any atom is -0.390 e. The zero-order valence-corrected chi connectivity index (χ0v) is 8.63. The van der Waals surface area contributed by atoms with Crippen LogP contribution in [-0.4, -0.2) is 29.6 Å². The van der Waals surface area contributed by atoms with Gasteiger partial charge in [-0.3, -0.25) is 0 Å². The molecule has 0 amide bonds. The summed E-state index contributed by atoms with van der Waals surface area (Å²) >= 11 is 0. The minimum absolute atomic E-state index is 0.0565. The van der Waals surface area contributed by atoms with Gasteiger partial charge in [0.05, 0.1) is 18.3 Å². The van der Waals surface area contributed by atoms with Crippen molar-refractivity contribution < 1.29 is 9.84 Å². The molecule has 76 valence electrons. The zero-order valence-electron chi connectivity index (χ0n) is 8.63. The first-order valence-electron chi connectivity index (χ1n) is 4.71. The van der Waals surface area contributed by atoms with Gasteiger partial charge in [0.1, 0.15) is 0 Å². The molecule has 3 heteroatoms. The molecule has 2 atom stereocenters. The molecule has 0 aliphatic carbocycles. The highest BCUT2D eigenvalue weighted by atomic mass is 16.5. The van der Waals surface area contributed by atoms with Crippen LogP contribution >= 0.6 is 0 Å². The van der Waals surface area contributed by atoms with Gasteiger partial charge in [0.15, 0.2) is 0 Å². The number of aliphatic hydroxyl groups excluding tert-OH is 1. The topological polar surface area (TPSA) is 53.3 Å². The lowest BCUT2D eigenvalue weighted by atomic mass is 9.78. The first-order chi connectivity index (χ1) is 5.90. The highest BCUT2D eigenvalue weighted by Gasteiger charge is 2.42. The summed E-state index contributed by atoms with van der Waals surface area (Å²) in [5.74, 6) is 0. The predicted molar refractivity (Wildman–Crippen MR) is 52.2 cm³/mol. The largest absolute Gasteiger partial charge is 0.390 e. The highest BCUT2D eigenvalue weighted by molar-refractivity contribution is 5.54. The molecular weight excluding hydrogens is 166 g/mol. The smallest absolute Gasteiger partial charge is 0.0961 e. The third-order valence-electron chi connectivity index (χ3n) is 2.75. The fourth-order valence-corrected chi connectivity index (χ4v) is 1.65. The molecule has 0 aromatic carbocycles. The van der Waals surface area contributed by atoms with Crippen LogP contribution in [0.4, 0.5) is 0 Å². The molecule has 0 saturated carbocycles. The first-order valence-corrected chi connectivity index (χ1v) is 4.71. The Labute approximate surface area is 79.6 Å². The summed E-state index contributed by atoms with van der Waals surface area (Å²) in [6.45, 7) is 6.70. The van der Waals surface area contributed by atoms with Crippen molar-refractivity contribution in [2.45, 2.75) is 45.3 Å². The fraction of sp³-hybridized carbons (Fsp3) is 0.900. The van der Waals surface area contributed by atoms with Crippen molar-refractivity contribution in [3.05, 3.63) is 0 Å². The maximum atomic E-state index is 9.87. The maximum absolute atomic E-state index is 9.87. The number of ether oxygens (including phenoxy) is 1. The summed E-state index contributed by atoms with van der Waals surface area (Å²) < 4.78 is 5.63. The summed E-state index contributed by atoms with van der Waals surface area (Å²) in [6.07, 6.45) is 2.08. The van der Waals surface area contributed by atoms with Crippen LogP contribution in [0.5, 0.6) is 0 Å². The van der Waals surface area contributed by atoms with Crippen molar-refractivity contribution >= 4 is 6.21 Å². The first kappa shape index (κ1) is 10.7. The maximum Gasteiger partial charge on any atom is 0.0961 e. The van der Waals surface area contributed by atoms with Crippen molar-refractivity contribution in [2.75, 3.05) is 6.61 Å². The minimum atomic E-state index is -0.544. The molecular formula is C10H19NO2. The van der Waals surface area contributed by atoms with Crippen LogP contribution in [-0.2, 0) is 4.74 Å². The van der Waals surface area contributed by atoms with Crippen LogP contribution in [0.25, 0.3) is 0 Å². The second kappa shape index (κ2) is 3.39. The number of rotatable bonds is 2. The lowest BCUT2D eigenvalue weighted by molar-refractivity contribution is -0.178. The Kier molecular flexibility index (Phi) is 2.78. The summed E-state index contributed by atoms with van der Waals surface area (Å²) in [4.78, 5) is 0. The van der Waals surface area contributed by atoms with Crippen molar-refractivity contribution in [1.82, 2.24) is 0 Å². The van der Waals surface area contributed by atoms with Crippen molar-refractivity contribution in [3.63, 3.8) is 0 Å². The Hall–Kier alpha value is -0.410. The van der Waals surface area contributed by atoms with E-state index >= 15 is 0 Å². The van der Waals surface area contributed by atoms with E-state index in [9.17, 15) is 5.11 Å².